The smallest absolute Gasteiger partial charge is 0.376 e. The van der Waals surface area contributed by atoms with Gasteiger partial charge in [-0.25, -0.2) is 22.9 Å². The lowest BCUT2D eigenvalue weighted by Gasteiger charge is -2.00. The summed E-state index contributed by atoms with van der Waals surface area (Å²) in [6.45, 7) is -0.0980. The third-order valence-corrected chi connectivity index (χ3v) is 2.61. The molecule has 0 aliphatic heterocycles. The summed E-state index contributed by atoms with van der Waals surface area (Å²) in [6.07, 6.45) is 0. The third-order valence-electron chi connectivity index (χ3n) is 2.61. The molecule has 0 bridgehead atoms. The van der Waals surface area contributed by atoms with Crippen LogP contribution in [0.1, 0.15) is 16.2 Å². The molecule has 0 aliphatic carbocycles. The average molecular weight is 301 g/mol. The van der Waals surface area contributed by atoms with Crippen molar-refractivity contribution in [3.05, 3.63) is 41.0 Å². The number of hydrogen-bond donors (Lipinski definition) is 0. The van der Waals surface area contributed by atoms with Crippen LogP contribution in [0.15, 0.2) is 16.5 Å². The van der Waals surface area contributed by atoms with Crippen molar-refractivity contribution in [2.45, 2.75) is 6.61 Å². The SMILES string of the molecule is COCc1nc(-c2ccc(F)c(F)c2F)oc1C(=O)OC. The Bertz CT molecular complexity index is 684. The first-order valence-electron chi connectivity index (χ1n) is 5.70. The third kappa shape index (κ3) is 2.75. The van der Waals surface area contributed by atoms with Crippen molar-refractivity contribution >= 4 is 5.97 Å². The van der Waals surface area contributed by atoms with Crippen LogP contribution in [0, 0.1) is 17.5 Å². The Morgan fingerprint density at radius 1 is 1.24 bits per heavy atom. The number of carbonyl (C=O) groups excluding carboxylic acids is 1. The molecule has 0 amide bonds. The lowest BCUT2D eigenvalue weighted by atomic mass is 10.2. The molecule has 2 rings (SSSR count). The fourth-order valence-corrected chi connectivity index (χ4v) is 1.64. The van der Waals surface area contributed by atoms with Gasteiger partial charge in [-0.05, 0) is 12.1 Å². The van der Waals surface area contributed by atoms with E-state index in [1.54, 1.807) is 0 Å². The minimum atomic E-state index is -1.65. The zero-order chi connectivity index (χ0) is 15.6. The van der Waals surface area contributed by atoms with Gasteiger partial charge >= 0.3 is 5.97 Å². The highest BCUT2D eigenvalue weighted by molar-refractivity contribution is 5.87. The first kappa shape index (κ1) is 15.0. The summed E-state index contributed by atoms with van der Waals surface area (Å²) in [4.78, 5) is 15.4. The lowest BCUT2D eigenvalue weighted by molar-refractivity contribution is 0.0559. The molecular weight excluding hydrogens is 291 g/mol. The molecule has 0 radical (unpaired) electrons. The van der Waals surface area contributed by atoms with Crippen LogP contribution < -0.4 is 0 Å². The number of hydrogen-bond acceptors (Lipinski definition) is 5. The molecule has 0 N–H and O–H groups in total. The maximum atomic E-state index is 13.7. The molecule has 5 nitrogen and oxygen atoms in total. The van der Waals surface area contributed by atoms with Gasteiger partial charge in [0.05, 0.1) is 19.3 Å². The summed E-state index contributed by atoms with van der Waals surface area (Å²) >= 11 is 0. The Morgan fingerprint density at radius 2 is 1.95 bits per heavy atom. The van der Waals surface area contributed by atoms with Crippen molar-refractivity contribution in [3.8, 4) is 11.5 Å². The normalized spacial score (nSPS) is 10.7. The predicted octanol–water partition coefficient (Wildman–Crippen LogP) is 2.69. The van der Waals surface area contributed by atoms with Crippen LogP contribution in [0.5, 0.6) is 0 Å². The van der Waals surface area contributed by atoms with Crippen molar-refractivity contribution in [3.63, 3.8) is 0 Å². The van der Waals surface area contributed by atoms with E-state index < -0.39 is 29.0 Å². The largest absolute Gasteiger partial charge is 0.463 e. The number of carbonyl (C=O) groups is 1. The minimum Gasteiger partial charge on any atom is -0.463 e. The molecule has 112 valence electrons. The Labute approximate surface area is 117 Å². The lowest BCUT2D eigenvalue weighted by Crippen LogP contribution is -2.04. The molecule has 0 saturated carbocycles. The molecule has 1 aromatic carbocycles. The first-order chi connectivity index (χ1) is 9.99. The van der Waals surface area contributed by atoms with E-state index in [2.05, 4.69) is 9.72 Å². The van der Waals surface area contributed by atoms with Gasteiger partial charge in [0.15, 0.2) is 17.5 Å². The first-order valence-corrected chi connectivity index (χ1v) is 5.70. The topological polar surface area (TPSA) is 61.6 Å². The molecule has 1 aromatic heterocycles. The molecule has 0 fully saturated rings. The van der Waals surface area contributed by atoms with Crippen molar-refractivity contribution in [2.24, 2.45) is 0 Å². The van der Waals surface area contributed by atoms with Crippen LogP contribution in [0.3, 0.4) is 0 Å². The van der Waals surface area contributed by atoms with E-state index in [9.17, 15) is 18.0 Å². The molecular formula is C13H10F3NO4. The summed E-state index contributed by atoms with van der Waals surface area (Å²) in [6, 6.07) is 1.68. The van der Waals surface area contributed by atoms with Gasteiger partial charge in [-0.15, -0.1) is 0 Å². The second kappa shape index (κ2) is 5.96. The Kier molecular flexibility index (Phi) is 4.27. The van der Waals surface area contributed by atoms with Crippen LogP contribution >= 0.6 is 0 Å². The number of ether oxygens (including phenoxy) is 2. The Morgan fingerprint density at radius 3 is 2.57 bits per heavy atom. The molecule has 21 heavy (non-hydrogen) atoms. The molecule has 8 heteroatoms. The van der Waals surface area contributed by atoms with Crippen LogP contribution in [0.25, 0.3) is 11.5 Å². The quantitative estimate of drug-likeness (QED) is 0.642. The van der Waals surface area contributed by atoms with Gasteiger partial charge in [-0.2, -0.15) is 0 Å². The number of rotatable bonds is 4. The molecule has 0 atom stereocenters. The van der Waals surface area contributed by atoms with E-state index in [1.165, 1.54) is 7.11 Å². The second-order valence-corrected chi connectivity index (χ2v) is 3.94. The van der Waals surface area contributed by atoms with Gasteiger partial charge < -0.3 is 13.9 Å². The van der Waals surface area contributed by atoms with E-state index in [0.717, 1.165) is 19.2 Å². The number of halogens is 3. The molecule has 1 heterocycles. The van der Waals surface area contributed by atoms with E-state index >= 15 is 0 Å². The fourth-order valence-electron chi connectivity index (χ4n) is 1.64. The van der Waals surface area contributed by atoms with Gasteiger partial charge in [0.25, 0.3) is 0 Å². The fraction of sp³-hybridized carbons (Fsp3) is 0.231. The van der Waals surface area contributed by atoms with Crippen LogP contribution in [0.2, 0.25) is 0 Å². The monoisotopic (exact) mass is 301 g/mol. The number of oxazole rings is 1. The number of esters is 1. The van der Waals surface area contributed by atoms with Crippen LogP contribution in [-0.2, 0) is 16.1 Å². The molecule has 0 aliphatic rings. The van der Waals surface area contributed by atoms with Gasteiger partial charge in [-0.3, -0.25) is 0 Å². The van der Waals surface area contributed by atoms with Gasteiger partial charge in [0.1, 0.15) is 5.69 Å². The highest BCUT2D eigenvalue weighted by Gasteiger charge is 2.24. The van der Waals surface area contributed by atoms with E-state index in [-0.39, 0.29) is 24.0 Å². The van der Waals surface area contributed by atoms with Gasteiger partial charge in [0.2, 0.25) is 11.7 Å². The van der Waals surface area contributed by atoms with Gasteiger partial charge in [-0.1, -0.05) is 0 Å². The Balaban J connectivity index is 2.55. The van der Waals surface area contributed by atoms with E-state index in [4.69, 9.17) is 9.15 Å². The number of nitrogens with zero attached hydrogens (tertiary/aromatic N) is 1. The maximum absolute atomic E-state index is 13.7. The molecule has 0 saturated heterocycles. The number of aromatic nitrogens is 1. The highest BCUT2D eigenvalue weighted by atomic mass is 19.2. The second-order valence-electron chi connectivity index (χ2n) is 3.94. The van der Waals surface area contributed by atoms with Crippen molar-refractivity contribution < 1.29 is 31.9 Å². The summed E-state index contributed by atoms with van der Waals surface area (Å²) < 4.78 is 54.2. The summed E-state index contributed by atoms with van der Waals surface area (Å²) in [5.74, 6) is -5.97. The standard InChI is InChI=1S/C13H10F3NO4/c1-19-5-8-11(13(18)20-2)21-12(17-8)6-3-4-7(14)10(16)9(6)15/h3-4H,5H2,1-2H3. The highest BCUT2D eigenvalue weighted by Crippen LogP contribution is 2.27. The number of methoxy groups -OCH3 is 2. The van der Waals surface area contributed by atoms with Crippen molar-refractivity contribution in [2.75, 3.05) is 14.2 Å². The van der Waals surface area contributed by atoms with E-state index in [1.807, 2.05) is 0 Å². The number of benzene rings is 1. The average Bonchev–Trinajstić information content (AvgIpc) is 2.88. The zero-order valence-electron chi connectivity index (χ0n) is 11.1. The molecule has 0 spiro atoms. The predicted molar refractivity (Wildman–Crippen MR) is 63.9 cm³/mol. The van der Waals surface area contributed by atoms with E-state index in [0.29, 0.717) is 0 Å². The summed E-state index contributed by atoms with van der Waals surface area (Å²) in [5, 5.41) is 0. The maximum Gasteiger partial charge on any atom is 0.376 e. The summed E-state index contributed by atoms with van der Waals surface area (Å²) in [5.41, 5.74) is -0.357. The van der Waals surface area contributed by atoms with Crippen LogP contribution in [-0.4, -0.2) is 25.2 Å². The molecule has 2 aromatic rings. The van der Waals surface area contributed by atoms with Crippen molar-refractivity contribution in [1.82, 2.24) is 4.98 Å². The Hall–Kier alpha value is -2.35. The minimum absolute atomic E-state index is 0.0588. The zero-order valence-corrected chi connectivity index (χ0v) is 11.1. The van der Waals surface area contributed by atoms with Crippen molar-refractivity contribution in [1.29, 1.82) is 0 Å². The molecule has 0 unspecified atom stereocenters. The van der Waals surface area contributed by atoms with Gasteiger partial charge in [0, 0.05) is 7.11 Å². The summed E-state index contributed by atoms with van der Waals surface area (Å²) in [7, 11) is 2.48. The van der Waals surface area contributed by atoms with Crippen LogP contribution in [0.4, 0.5) is 13.2 Å².